The average Bonchev–Trinajstić information content (AvgIpc) is 3.38. The maximum atomic E-state index is 5.78. The molecule has 0 spiro atoms. The van der Waals surface area contributed by atoms with Crippen LogP contribution in [0.3, 0.4) is 0 Å². The van der Waals surface area contributed by atoms with E-state index in [0.29, 0.717) is 6.04 Å². The van der Waals surface area contributed by atoms with Gasteiger partial charge in [0, 0.05) is 45.5 Å². The van der Waals surface area contributed by atoms with Crippen molar-refractivity contribution in [2.45, 2.75) is 45.2 Å². The van der Waals surface area contributed by atoms with Crippen LogP contribution >= 0.6 is 24.0 Å². The topological polar surface area (TPSA) is 53.0 Å². The molecule has 0 aromatic carbocycles. The highest BCUT2D eigenvalue weighted by molar-refractivity contribution is 14.0. The smallest absolute Gasteiger partial charge is 0.213 e. The number of rotatable bonds is 8. The molecular weight excluding hydrogens is 453 g/mol. The van der Waals surface area contributed by atoms with Crippen molar-refractivity contribution in [2.75, 3.05) is 40.3 Å². The molecule has 6 nitrogen and oxygen atoms in total. The van der Waals surface area contributed by atoms with Crippen LogP contribution in [0, 0.1) is 5.92 Å². The lowest BCUT2D eigenvalue weighted by molar-refractivity contribution is 0.232. The van der Waals surface area contributed by atoms with Crippen molar-refractivity contribution in [1.82, 2.24) is 20.1 Å². The molecule has 1 saturated carbocycles. The van der Waals surface area contributed by atoms with Gasteiger partial charge in [0.15, 0.2) is 5.96 Å². The largest absolute Gasteiger partial charge is 0.477 e. The minimum Gasteiger partial charge on any atom is -0.477 e. The Kier molecular flexibility index (Phi) is 9.08. The van der Waals surface area contributed by atoms with Gasteiger partial charge in [0.2, 0.25) is 5.88 Å². The van der Waals surface area contributed by atoms with E-state index in [4.69, 9.17) is 4.74 Å². The Morgan fingerprint density at radius 3 is 2.93 bits per heavy atom. The van der Waals surface area contributed by atoms with Gasteiger partial charge in [-0.2, -0.15) is 0 Å². The average molecular weight is 487 g/mol. The summed E-state index contributed by atoms with van der Waals surface area (Å²) in [5.41, 5.74) is 1.16. The van der Waals surface area contributed by atoms with Crippen LogP contribution in [-0.4, -0.2) is 67.1 Å². The third-order valence-electron chi connectivity index (χ3n) is 5.38. The predicted octanol–water partition coefficient (Wildman–Crippen LogP) is 2.98. The number of nitrogens with one attached hydrogen (secondary N) is 1. The molecule has 27 heavy (non-hydrogen) atoms. The molecule has 2 fully saturated rings. The van der Waals surface area contributed by atoms with Gasteiger partial charge in [0.25, 0.3) is 0 Å². The number of hydrogen-bond acceptors (Lipinski definition) is 4. The first-order valence-corrected chi connectivity index (χ1v) is 9.93. The molecule has 1 N–H and O–H groups in total. The summed E-state index contributed by atoms with van der Waals surface area (Å²) < 4.78 is 5.78. The van der Waals surface area contributed by atoms with Crippen molar-refractivity contribution in [3.63, 3.8) is 0 Å². The molecule has 7 heteroatoms. The van der Waals surface area contributed by atoms with E-state index < -0.39 is 0 Å². The van der Waals surface area contributed by atoms with Gasteiger partial charge in [0.1, 0.15) is 0 Å². The highest BCUT2D eigenvalue weighted by atomic mass is 127. The third-order valence-corrected chi connectivity index (χ3v) is 5.38. The molecule has 1 aliphatic carbocycles. The molecule has 1 aromatic heterocycles. The Balaban J connectivity index is 0.00000261. The first-order valence-electron chi connectivity index (χ1n) is 9.93. The van der Waals surface area contributed by atoms with E-state index in [-0.39, 0.29) is 24.0 Å². The van der Waals surface area contributed by atoms with E-state index in [0.717, 1.165) is 49.6 Å². The van der Waals surface area contributed by atoms with Gasteiger partial charge in [-0.15, -0.1) is 24.0 Å². The minimum absolute atomic E-state index is 0. The summed E-state index contributed by atoms with van der Waals surface area (Å²) in [6.45, 7) is 7.13. The highest BCUT2D eigenvalue weighted by Crippen LogP contribution is 2.29. The van der Waals surface area contributed by atoms with Crippen molar-refractivity contribution < 1.29 is 4.74 Å². The molecule has 2 aliphatic rings. The lowest BCUT2D eigenvalue weighted by Gasteiger charge is -2.29. The van der Waals surface area contributed by atoms with Crippen LogP contribution in [0.1, 0.15) is 38.2 Å². The zero-order valence-electron chi connectivity index (χ0n) is 16.9. The summed E-state index contributed by atoms with van der Waals surface area (Å²) in [5.74, 6) is 2.40. The first-order chi connectivity index (χ1) is 12.7. The molecule has 0 radical (unpaired) electrons. The minimum atomic E-state index is 0. The molecule has 1 aromatic rings. The van der Waals surface area contributed by atoms with Crippen LogP contribution in [0.2, 0.25) is 0 Å². The monoisotopic (exact) mass is 487 g/mol. The zero-order valence-corrected chi connectivity index (χ0v) is 19.2. The predicted molar refractivity (Wildman–Crippen MR) is 121 cm³/mol. The van der Waals surface area contributed by atoms with E-state index >= 15 is 0 Å². The summed E-state index contributed by atoms with van der Waals surface area (Å²) >= 11 is 0. The number of guanidine groups is 1. The summed E-state index contributed by atoms with van der Waals surface area (Å²) in [5, 5.41) is 3.47. The second kappa shape index (κ2) is 11.0. The number of aromatic nitrogens is 1. The molecule has 1 aliphatic heterocycles. The number of likely N-dealkylation sites (tertiary alicyclic amines) is 1. The van der Waals surface area contributed by atoms with Crippen LogP contribution < -0.4 is 10.1 Å². The van der Waals surface area contributed by atoms with Gasteiger partial charge in [0.05, 0.1) is 6.61 Å². The number of halogens is 1. The SMILES string of the molecule is CCN1CCCC1CN(C)C(=NC)NCc1ccnc(OCC2CC2)c1.I. The van der Waals surface area contributed by atoms with E-state index in [2.05, 4.69) is 39.1 Å². The molecule has 1 unspecified atom stereocenters. The second-order valence-electron chi connectivity index (χ2n) is 7.46. The Bertz CT molecular complexity index is 608. The summed E-state index contributed by atoms with van der Waals surface area (Å²) in [6, 6.07) is 4.69. The van der Waals surface area contributed by atoms with Crippen molar-refractivity contribution in [3.05, 3.63) is 23.9 Å². The fraction of sp³-hybridized carbons (Fsp3) is 0.700. The molecular formula is C20H34IN5O. The molecule has 1 saturated heterocycles. The summed E-state index contributed by atoms with van der Waals surface area (Å²) in [6.07, 6.45) is 6.99. The maximum Gasteiger partial charge on any atom is 0.213 e. The number of hydrogen-bond donors (Lipinski definition) is 1. The zero-order chi connectivity index (χ0) is 18.4. The summed E-state index contributed by atoms with van der Waals surface area (Å²) in [4.78, 5) is 13.6. The Morgan fingerprint density at radius 1 is 1.41 bits per heavy atom. The fourth-order valence-corrected chi connectivity index (χ4v) is 3.61. The highest BCUT2D eigenvalue weighted by Gasteiger charge is 2.25. The maximum absolute atomic E-state index is 5.78. The van der Waals surface area contributed by atoms with Gasteiger partial charge < -0.3 is 15.0 Å². The molecule has 3 rings (SSSR count). The molecule has 0 amide bonds. The van der Waals surface area contributed by atoms with Crippen molar-refractivity contribution >= 4 is 29.9 Å². The van der Waals surface area contributed by atoms with E-state index in [1.54, 1.807) is 0 Å². The molecule has 1 atom stereocenters. The number of nitrogens with zero attached hydrogens (tertiary/aromatic N) is 4. The number of ether oxygens (including phenoxy) is 1. The standard InChI is InChI=1S/C20H33N5O.HI/c1-4-25-11-5-6-18(25)14-24(3)20(21-2)23-13-17-9-10-22-19(12-17)26-15-16-7-8-16;/h9-10,12,16,18H,4-8,11,13-15H2,1-3H3,(H,21,23);1H. The van der Waals surface area contributed by atoms with Crippen molar-refractivity contribution in [2.24, 2.45) is 10.9 Å². The molecule has 0 bridgehead atoms. The van der Waals surface area contributed by atoms with Gasteiger partial charge in [-0.3, -0.25) is 9.89 Å². The van der Waals surface area contributed by atoms with Crippen LogP contribution in [-0.2, 0) is 6.54 Å². The number of aliphatic imine (C=N–C) groups is 1. The van der Waals surface area contributed by atoms with E-state index in [1.165, 1.54) is 32.2 Å². The Morgan fingerprint density at radius 2 is 2.22 bits per heavy atom. The molecule has 2 heterocycles. The van der Waals surface area contributed by atoms with Gasteiger partial charge in [-0.1, -0.05) is 6.92 Å². The molecule has 152 valence electrons. The van der Waals surface area contributed by atoms with Crippen LogP contribution in [0.25, 0.3) is 0 Å². The van der Waals surface area contributed by atoms with Crippen LogP contribution in [0.5, 0.6) is 5.88 Å². The van der Waals surface area contributed by atoms with Gasteiger partial charge in [-0.05, 0) is 56.3 Å². The Labute approximate surface area is 180 Å². The first kappa shape index (κ1) is 22.2. The normalized spacial score (nSPS) is 20.3. The van der Waals surface area contributed by atoms with Gasteiger partial charge >= 0.3 is 0 Å². The van der Waals surface area contributed by atoms with Crippen LogP contribution in [0.15, 0.2) is 23.3 Å². The lowest BCUT2D eigenvalue weighted by Crippen LogP contribution is -2.45. The van der Waals surface area contributed by atoms with Gasteiger partial charge in [-0.25, -0.2) is 4.98 Å². The van der Waals surface area contributed by atoms with Crippen molar-refractivity contribution in [1.29, 1.82) is 0 Å². The lowest BCUT2D eigenvalue weighted by atomic mass is 10.2. The van der Waals surface area contributed by atoms with Crippen molar-refractivity contribution in [3.8, 4) is 5.88 Å². The van der Waals surface area contributed by atoms with Crippen LogP contribution in [0.4, 0.5) is 0 Å². The second-order valence-corrected chi connectivity index (χ2v) is 7.46. The number of likely N-dealkylation sites (N-methyl/N-ethyl adjacent to an activating group) is 2. The summed E-state index contributed by atoms with van der Waals surface area (Å²) in [7, 11) is 3.97. The Hall–Kier alpha value is -1.09. The fourth-order valence-electron chi connectivity index (χ4n) is 3.61. The van der Waals surface area contributed by atoms with E-state index in [1.807, 2.05) is 25.4 Å². The number of pyridine rings is 1. The quantitative estimate of drug-likeness (QED) is 0.347. The van der Waals surface area contributed by atoms with E-state index in [9.17, 15) is 0 Å². The third kappa shape index (κ3) is 6.78.